The highest BCUT2D eigenvalue weighted by molar-refractivity contribution is 6.74. The van der Waals surface area contributed by atoms with Crippen molar-refractivity contribution in [1.82, 2.24) is 0 Å². The zero-order chi connectivity index (χ0) is 16.6. The van der Waals surface area contributed by atoms with Gasteiger partial charge < -0.3 is 13.9 Å². The van der Waals surface area contributed by atoms with Crippen molar-refractivity contribution in [3.8, 4) is 0 Å². The largest absolute Gasteiger partial charge is 0.389 e. The van der Waals surface area contributed by atoms with Crippen LogP contribution in [0.3, 0.4) is 0 Å². The zero-order valence-electron chi connectivity index (χ0n) is 15.0. The van der Waals surface area contributed by atoms with E-state index in [-0.39, 0.29) is 34.4 Å². The molecule has 22 heavy (non-hydrogen) atoms. The number of hydrogen-bond donors (Lipinski definition) is 0. The monoisotopic (exact) mass is 326 g/mol. The Hall–Kier alpha value is -0.233. The summed E-state index contributed by atoms with van der Waals surface area (Å²) in [6.07, 6.45) is 2.27. The molecule has 0 unspecified atom stereocenters. The van der Waals surface area contributed by atoms with E-state index in [1.807, 2.05) is 0 Å². The van der Waals surface area contributed by atoms with E-state index in [1.54, 1.807) is 7.11 Å². The number of ketones is 1. The fourth-order valence-electron chi connectivity index (χ4n) is 4.45. The van der Waals surface area contributed by atoms with Crippen LogP contribution in [0.15, 0.2) is 0 Å². The Labute approximate surface area is 135 Å². The molecule has 3 aliphatic rings. The first-order valence-electron chi connectivity index (χ1n) is 8.42. The SMILES string of the molecule is CO[C@@H]1CC(=O)[C@@H]2[C@H]1[C@@]1(C)CC[C@]2(O[Si](C)(C)C(C)(C)C)O1. The molecule has 3 rings (SSSR count). The lowest BCUT2D eigenvalue weighted by Gasteiger charge is -2.44. The van der Waals surface area contributed by atoms with Crippen molar-refractivity contribution in [2.24, 2.45) is 11.8 Å². The first-order valence-corrected chi connectivity index (χ1v) is 11.3. The molecule has 0 aromatic carbocycles. The molecule has 2 heterocycles. The van der Waals surface area contributed by atoms with Crippen molar-refractivity contribution >= 4 is 14.1 Å². The van der Waals surface area contributed by atoms with Crippen LogP contribution in [0.25, 0.3) is 0 Å². The first kappa shape index (κ1) is 16.6. The number of carbonyl (C=O) groups excluding carboxylic acids is 1. The van der Waals surface area contributed by atoms with Crippen LogP contribution in [-0.2, 0) is 18.7 Å². The summed E-state index contributed by atoms with van der Waals surface area (Å²) in [5, 5.41) is 0.102. The molecule has 3 fully saturated rings. The maximum Gasteiger partial charge on any atom is 0.195 e. The van der Waals surface area contributed by atoms with E-state index in [0.29, 0.717) is 6.42 Å². The highest BCUT2D eigenvalue weighted by Crippen LogP contribution is 2.64. The molecule has 5 atom stereocenters. The molecular formula is C17H30O4Si. The Morgan fingerprint density at radius 3 is 2.45 bits per heavy atom. The van der Waals surface area contributed by atoms with Crippen LogP contribution in [-0.4, -0.2) is 38.7 Å². The van der Waals surface area contributed by atoms with Gasteiger partial charge in [0.1, 0.15) is 5.78 Å². The van der Waals surface area contributed by atoms with E-state index >= 15 is 0 Å². The summed E-state index contributed by atoms with van der Waals surface area (Å²) in [7, 11) is -0.304. The van der Waals surface area contributed by atoms with Crippen LogP contribution in [0.4, 0.5) is 0 Å². The van der Waals surface area contributed by atoms with Crippen LogP contribution in [0.1, 0.15) is 47.0 Å². The van der Waals surface area contributed by atoms with Crippen LogP contribution in [0.2, 0.25) is 18.1 Å². The van der Waals surface area contributed by atoms with Gasteiger partial charge in [0.2, 0.25) is 0 Å². The summed E-state index contributed by atoms with van der Waals surface area (Å²) in [5.41, 5.74) is -0.278. The molecule has 0 aromatic rings. The van der Waals surface area contributed by atoms with Crippen LogP contribution < -0.4 is 0 Å². The van der Waals surface area contributed by atoms with Gasteiger partial charge in [0.25, 0.3) is 0 Å². The van der Waals surface area contributed by atoms with Crippen LogP contribution >= 0.6 is 0 Å². The lowest BCUT2D eigenvalue weighted by atomic mass is 9.72. The molecule has 0 spiro atoms. The van der Waals surface area contributed by atoms with Crippen molar-refractivity contribution < 1.29 is 18.7 Å². The average Bonchev–Trinajstić information content (AvgIpc) is 2.94. The molecule has 0 N–H and O–H groups in total. The normalized spacial score (nSPS) is 44.7. The van der Waals surface area contributed by atoms with Crippen molar-refractivity contribution in [1.29, 1.82) is 0 Å². The van der Waals surface area contributed by atoms with E-state index < -0.39 is 14.1 Å². The molecule has 0 radical (unpaired) electrons. The van der Waals surface area contributed by atoms with Gasteiger partial charge in [-0.25, -0.2) is 0 Å². The molecule has 126 valence electrons. The quantitative estimate of drug-likeness (QED) is 0.745. The number of hydrogen-bond acceptors (Lipinski definition) is 4. The Morgan fingerprint density at radius 2 is 1.91 bits per heavy atom. The number of Topliss-reactive ketones (excluding diaryl/α,β-unsaturated/α-hetero) is 1. The Balaban J connectivity index is 1.96. The predicted octanol–water partition coefficient (Wildman–Crippen LogP) is 3.51. The minimum atomic E-state index is -2.01. The topological polar surface area (TPSA) is 44.8 Å². The van der Waals surface area contributed by atoms with Gasteiger partial charge in [-0.05, 0) is 31.5 Å². The standard InChI is InChI=1S/C17H30O4Si/c1-15(2,3)22(6,7)21-17-9-8-16(4,20-17)14-12(19-5)10-11(18)13(14)17/h12-14H,8-10H2,1-7H3/t12-,13-,14+,16-,17-/m1/s1. The molecule has 0 amide bonds. The number of ether oxygens (including phenoxy) is 2. The van der Waals surface area contributed by atoms with E-state index in [2.05, 4.69) is 40.8 Å². The lowest BCUT2D eigenvalue weighted by Crippen LogP contribution is -2.53. The number of carbonyl (C=O) groups is 1. The zero-order valence-corrected chi connectivity index (χ0v) is 16.0. The second-order valence-electron chi connectivity index (χ2n) is 9.04. The van der Waals surface area contributed by atoms with Crippen molar-refractivity contribution in [2.75, 3.05) is 7.11 Å². The first-order chi connectivity index (χ1) is 9.96. The van der Waals surface area contributed by atoms with Crippen molar-refractivity contribution in [2.45, 2.75) is 82.6 Å². The molecule has 2 saturated heterocycles. The lowest BCUT2D eigenvalue weighted by molar-refractivity contribution is -0.188. The third kappa shape index (κ3) is 2.09. The van der Waals surface area contributed by atoms with Crippen molar-refractivity contribution in [3.05, 3.63) is 0 Å². The van der Waals surface area contributed by atoms with Gasteiger partial charge in [-0.2, -0.15) is 0 Å². The highest BCUT2D eigenvalue weighted by Gasteiger charge is 2.73. The van der Waals surface area contributed by atoms with Gasteiger partial charge in [0, 0.05) is 25.9 Å². The summed E-state index contributed by atoms with van der Waals surface area (Å²) in [4.78, 5) is 12.7. The molecule has 1 saturated carbocycles. The van der Waals surface area contributed by atoms with Gasteiger partial charge >= 0.3 is 0 Å². The Bertz CT molecular complexity index is 497. The van der Waals surface area contributed by atoms with E-state index in [9.17, 15) is 4.79 Å². The van der Waals surface area contributed by atoms with E-state index in [4.69, 9.17) is 13.9 Å². The average molecular weight is 327 g/mol. The highest BCUT2D eigenvalue weighted by atomic mass is 28.4. The Morgan fingerprint density at radius 1 is 1.27 bits per heavy atom. The third-order valence-electron chi connectivity index (χ3n) is 6.60. The summed E-state index contributed by atoms with van der Waals surface area (Å²) < 4.78 is 18.8. The molecule has 2 aliphatic heterocycles. The molecule has 5 heteroatoms. The second kappa shape index (κ2) is 4.65. The van der Waals surface area contributed by atoms with Gasteiger partial charge in [-0.3, -0.25) is 4.79 Å². The number of methoxy groups -OCH3 is 1. The number of rotatable bonds is 3. The maximum absolute atomic E-state index is 12.7. The maximum atomic E-state index is 12.7. The molecule has 0 aromatic heterocycles. The molecule has 2 bridgehead atoms. The van der Waals surface area contributed by atoms with Gasteiger partial charge in [0.15, 0.2) is 14.1 Å². The Kier molecular flexibility index (Phi) is 3.51. The van der Waals surface area contributed by atoms with Crippen LogP contribution in [0.5, 0.6) is 0 Å². The van der Waals surface area contributed by atoms with E-state index in [0.717, 1.165) is 12.8 Å². The third-order valence-corrected chi connectivity index (χ3v) is 11.1. The molecule has 4 nitrogen and oxygen atoms in total. The van der Waals surface area contributed by atoms with Gasteiger partial charge in [-0.1, -0.05) is 20.8 Å². The summed E-state index contributed by atoms with van der Waals surface area (Å²) in [6.45, 7) is 13.3. The fraction of sp³-hybridized carbons (Fsp3) is 0.941. The van der Waals surface area contributed by atoms with Crippen molar-refractivity contribution in [3.63, 3.8) is 0 Å². The molecule has 1 aliphatic carbocycles. The number of fused-ring (bicyclic) bond motifs is 5. The molecular weight excluding hydrogens is 296 g/mol. The summed E-state index contributed by atoms with van der Waals surface area (Å²) in [5.74, 6) is -0.444. The predicted molar refractivity (Wildman–Crippen MR) is 87.1 cm³/mol. The van der Waals surface area contributed by atoms with Crippen LogP contribution in [0, 0.1) is 11.8 Å². The second-order valence-corrected chi connectivity index (χ2v) is 13.8. The summed E-state index contributed by atoms with van der Waals surface area (Å²) in [6, 6.07) is 0. The smallest absolute Gasteiger partial charge is 0.195 e. The summed E-state index contributed by atoms with van der Waals surface area (Å²) >= 11 is 0. The van der Waals surface area contributed by atoms with Gasteiger partial charge in [0.05, 0.1) is 17.6 Å². The minimum absolute atomic E-state index is 0.0207. The van der Waals surface area contributed by atoms with E-state index in [1.165, 1.54) is 0 Å². The van der Waals surface area contributed by atoms with Gasteiger partial charge in [-0.15, -0.1) is 0 Å². The minimum Gasteiger partial charge on any atom is -0.389 e. The fourth-order valence-corrected chi connectivity index (χ4v) is 5.90.